The topological polar surface area (TPSA) is 6.48 Å². The molecule has 2 unspecified atom stereocenters. The fourth-order valence-corrected chi connectivity index (χ4v) is 4.54. The molecule has 0 amide bonds. The fourth-order valence-electron chi connectivity index (χ4n) is 3.36. The molecule has 0 radical (unpaired) electrons. The van der Waals surface area contributed by atoms with Gasteiger partial charge in [0.25, 0.3) is 0 Å². The second-order valence-electron chi connectivity index (χ2n) is 5.56. The van der Waals surface area contributed by atoms with Gasteiger partial charge in [0, 0.05) is 19.3 Å². The zero-order valence-corrected chi connectivity index (χ0v) is 13.6. The third-order valence-electron chi connectivity index (χ3n) is 4.48. The van der Waals surface area contributed by atoms with Crippen molar-refractivity contribution in [1.29, 1.82) is 0 Å². The third-order valence-corrected chi connectivity index (χ3v) is 5.54. The largest absolute Gasteiger partial charge is 0.236 e. The van der Waals surface area contributed by atoms with Gasteiger partial charge in [0.1, 0.15) is 0 Å². The highest BCUT2D eigenvalue weighted by Gasteiger charge is 2.44. The van der Waals surface area contributed by atoms with E-state index in [9.17, 15) is 0 Å². The lowest BCUT2D eigenvalue weighted by Gasteiger charge is -2.27. The molecule has 2 aromatic rings. The summed E-state index contributed by atoms with van der Waals surface area (Å²) >= 11 is 1.96. The van der Waals surface area contributed by atoms with E-state index in [0.717, 1.165) is 0 Å². The van der Waals surface area contributed by atoms with Crippen LogP contribution in [0.1, 0.15) is 23.2 Å². The van der Waals surface area contributed by atoms with Crippen molar-refractivity contribution >= 4 is 11.8 Å². The Balaban J connectivity index is 2.00. The molecular weight excluding hydrogens is 276 g/mol. The van der Waals surface area contributed by atoms with E-state index >= 15 is 0 Å². The highest BCUT2D eigenvalue weighted by atomic mass is 32.2. The minimum absolute atomic E-state index is 0.413. The molecule has 2 aromatic carbocycles. The highest BCUT2D eigenvalue weighted by Crippen LogP contribution is 2.47. The molecular formula is C18H22N2S. The van der Waals surface area contributed by atoms with Crippen LogP contribution in [-0.2, 0) is 0 Å². The van der Waals surface area contributed by atoms with Gasteiger partial charge in [-0.3, -0.25) is 0 Å². The second kappa shape index (κ2) is 6.22. The monoisotopic (exact) mass is 298 g/mol. The standard InChI is InChI=1S/C18H22N2S/c1-19-16(14-10-6-4-7-11-14)18(21-3)17(20(19)2)15-12-8-5-9-13-15/h4-13,16-18H,1-3H3. The summed E-state index contributed by atoms with van der Waals surface area (Å²) in [4.78, 5) is 0. The summed E-state index contributed by atoms with van der Waals surface area (Å²) in [6, 6.07) is 22.5. The summed E-state index contributed by atoms with van der Waals surface area (Å²) in [6.07, 6.45) is 2.23. The molecule has 3 rings (SSSR count). The van der Waals surface area contributed by atoms with E-state index in [2.05, 4.69) is 91.0 Å². The van der Waals surface area contributed by atoms with Gasteiger partial charge in [0.15, 0.2) is 0 Å². The number of nitrogens with zero attached hydrogens (tertiary/aromatic N) is 2. The maximum atomic E-state index is 2.38. The Morgan fingerprint density at radius 1 is 0.714 bits per heavy atom. The van der Waals surface area contributed by atoms with Crippen LogP contribution in [0.4, 0.5) is 0 Å². The van der Waals surface area contributed by atoms with Gasteiger partial charge in [0.05, 0.1) is 12.1 Å². The Morgan fingerprint density at radius 2 is 1.10 bits per heavy atom. The van der Waals surface area contributed by atoms with E-state index < -0.39 is 0 Å². The summed E-state index contributed by atoms with van der Waals surface area (Å²) in [5.41, 5.74) is 2.79. The van der Waals surface area contributed by atoms with Crippen molar-refractivity contribution in [2.45, 2.75) is 17.3 Å². The van der Waals surface area contributed by atoms with E-state index in [4.69, 9.17) is 0 Å². The quantitative estimate of drug-likeness (QED) is 0.846. The Kier molecular flexibility index (Phi) is 4.34. The average molecular weight is 298 g/mol. The molecule has 2 nitrogen and oxygen atoms in total. The first-order valence-corrected chi connectivity index (χ1v) is 8.61. The van der Waals surface area contributed by atoms with Gasteiger partial charge in [0.2, 0.25) is 0 Å². The molecule has 3 heteroatoms. The third kappa shape index (κ3) is 2.61. The van der Waals surface area contributed by atoms with Gasteiger partial charge in [-0.2, -0.15) is 11.8 Å². The Morgan fingerprint density at radius 3 is 1.43 bits per heavy atom. The van der Waals surface area contributed by atoms with Crippen LogP contribution < -0.4 is 0 Å². The number of hydrogen-bond donors (Lipinski definition) is 0. The Hall–Kier alpha value is -1.29. The molecule has 110 valence electrons. The summed E-state index contributed by atoms with van der Waals surface area (Å²) in [5, 5.41) is 5.28. The Labute approximate surface area is 131 Å². The van der Waals surface area contributed by atoms with Crippen molar-refractivity contribution in [3.8, 4) is 0 Å². The molecule has 0 aromatic heterocycles. The molecule has 1 aliphatic rings. The van der Waals surface area contributed by atoms with E-state index in [1.165, 1.54) is 11.1 Å². The predicted octanol–water partition coefficient (Wildman–Crippen LogP) is 3.99. The van der Waals surface area contributed by atoms with Crippen molar-refractivity contribution in [3.63, 3.8) is 0 Å². The lowest BCUT2D eigenvalue weighted by Crippen LogP contribution is -2.32. The summed E-state index contributed by atoms with van der Waals surface area (Å²) in [5.74, 6) is 0. The van der Waals surface area contributed by atoms with Crippen LogP contribution in [-0.4, -0.2) is 35.6 Å². The first-order valence-electron chi connectivity index (χ1n) is 7.32. The van der Waals surface area contributed by atoms with Crippen molar-refractivity contribution in [3.05, 3.63) is 71.8 Å². The molecule has 1 heterocycles. The highest BCUT2D eigenvalue weighted by molar-refractivity contribution is 7.99. The van der Waals surface area contributed by atoms with Crippen molar-refractivity contribution in [1.82, 2.24) is 10.0 Å². The number of hydrazine groups is 1. The van der Waals surface area contributed by atoms with E-state index in [1.807, 2.05) is 11.8 Å². The number of benzene rings is 2. The Bertz CT molecular complexity index is 521. The molecule has 1 aliphatic heterocycles. The van der Waals surface area contributed by atoms with Crippen molar-refractivity contribution in [2.24, 2.45) is 0 Å². The van der Waals surface area contributed by atoms with E-state index in [0.29, 0.717) is 17.3 Å². The normalized spacial score (nSPS) is 27.1. The molecule has 0 spiro atoms. The minimum Gasteiger partial charge on any atom is -0.236 e. The second-order valence-corrected chi connectivity index (χ2v) is 6.57. The van der Waals surface area contributed by atoms with Crippen LogP contribution in [0.3, 0.4) is 0 Å². The number of thioether (sulfide) groups is 1. The van der Waals surface area contributed by atoms with Crippen LogP contribution >= 0.6 is 11.8 Å². The van der Waals surface area contributed by atoms with Crippen molar-refractivity contribution in [2.75, 3.05) is 20.4 Å². The lowest BCUT2D eigenvalue weighted by molar-refractivity contribution is 0.0252. The molecule has 1 fully saturated rings. The zero-order valence-electron chi connectivity index (χ0n) is 12.8. The van der Waals surface area contributed by atoms with Crippen molar-refractivity contribution < 1.29 is 0 Å². The van der Waals surface area contributed by atoms with E-state index in [1.54, 1.807) is 0 Å². The van der Waals surface area contributed by atoms with Gasteiger partial charge >= 0.3 is 0 Å². The fraction of sp³-hybridized carbons (Fsp3) is 0.333. The maximum absolute atomic E-state index is 2.38. The smallest absolute Gasteiger partial charge is 0.0629 e. The van der Waals surface area contributed by atoms with Crippen LogP contribution in [0.2, 0.25) is 0 Å². The lowest BCUT2D eigenvalue weighted by atomic mass is 9.96. The van der Waals surface area contributed by atoms with Gasteiger partial charge in [-0.05, 0) is 17.4 Å². The van der Waals surface area contributed by atoms with Gasteiger partial charge in [-0.25, -0.2) is 10.0 Å². The zero-order chi connectivity index (χ0) is 14.8. The van der Waals surface area contributed by atoms with Gasteiger partial charge < -0.3 is 0 Å². The molecule has 0 bridgehead atoms. The number of hydrogen-bond acceptors (Lipinski definition) is 3. The van der Waals surface area contributed by atoms with Crippen LogP contribution in [0, 0.1) is 0 Å². The summed E-state index contributed by atoms with van der Waals surface area (Å²) < 4.78 is 0. The first-order chi connectivity index (χ1) is 10.2. The average Bonchev–Trinajstić information content (AvgIpc) is 2.80. The molecule has 0 N–H and O–H groups in total. The van der Waals surface area contributed by atoms with E-state index in [-0.39, 0.29) is 0 Å². The molecule has 1 saturated heterocycles. The summed E-state index contributed by atoms with van der Waals surface area (Å²) in [6.45, 7) is 0. The molecule has 0 aliphatic carbocycles. The molecule has 0 saturated carbocycles. The van der Waals surface area contributed by atoms with Gasteiger partial charge in [-0.1, -0.05) is 60.7 Å². The SMILES string of the molecule is CSC1C(c2ccccc2)N(C)N(C)C1c1ccccc1. The molecule has 21 heavy (non-hydrogen) atoms. The molecule has 2 atom stereocenters. The predicted molar refractivity (Wildman–Crippen MR) is 91.2 cm³/mol. The first kappa shape index (κ1) is 14.6. The number of rotatable bonds is 3. The van der Waals surface area contributed by atoms with Crippen LogP contribution in [0.15, 0.2) is 60.7 Å². The maximum Gasteiger partial charge on any atom is 0.0629 e. The van der Waals surface area contributed by atoms with Crippen LogP contribution in [0.5, 0.6) is 0 Å². The van der Waals surface area contributed by atoms with Crippen LogP contribution in [0.25, 0.3) is 0 Å². The summed E-state index contributed by atoms with van der Waals surface area (Å²) in [7, 11) is 4.40. The minimum atomic E-state index is 0.413. The van der Waals surface area contributed by atoms with Gasteiger partial charge in [-0.15, -0.1) is 0 Å².